The van der Waals surface area contributed by atoms with Crippen molar-refractivity contribution in [3.8, 4) is 0 Å². The molecule has 1 aliphatic heterocycles. The maximum Gasteiger partial charge on any atom is 0.257 e. The number of nitrogen functional groups attached to an aromatic ring is 1. The highest BCUT2D eigenvalue weighted by atomic mass is 16.1. The highest BCUT2D eigenvalue weighted by Gasteiger charge is 2.19. The van der Waals surface area contributed by atoms with Crippen molar-refractivity contribution >= 4 is 17.3 Å². The summed E-state index contributed by atoms with van der Waals surface area (Å²) in [6, 6.07) is 15.3. The zero-order valence-corrected chi connectivity index (χ0v) is 15.7. The van der Waals surface area contributed by atoms with Crippen LogP contribution < -0.4 is 11.1 Å². The Balaban J connectivity index is 1.58. The van der Waals surface area contributed by atoms with Gasteiger partial charge in [-0.25, -0.2) is 0 Å². The van der Waals surface area contributed by atoms with E-state index in [0.29, 0.717) is 17.2 Å². The van der Waals surface area contributed by atoms with Gasteiger partial charge in [-0.2, -0.15) is 0 Å². The minimum atomic E-state index is -0.171. The Labute approximate surface area is 156 Å². The number of hydrogen-bond acceptors (Lipinski definition) is 3. The molecule has 1 fully saturated rings. The van der Waals surface area contributed by atoms with E-state index >= 15 is 0 Å². The number of benzene rings is 2. The summed E-state index contributed by atoms with van der Waals surface area (Å²) >= 11 is 0. The topological polar surface area (TPSA) is 58.4 Å². The third-order valence-corrected chi connectivity index (χ3v) is 5.47. The highest BCUT2D eigenvalue weighted by molar-refractivity contribution is 6.07. The third-order valence-electron chi connectivity index (χ3n) is 5.47. The molecule has 3 N–H and O–H groups in total. The Kier molecular flexibility index (Phi) is 5.94. The molecule has 26 heavy (non-hydrogen) atoms. The van der Waals surface area contributed by atoms with Gasteiger partial charge >= 0.3 is 0 Å². The molecular formula is C22H29N3O. The quantitative estimate of drug-likeness (QED) is 0.787. The lowest BCUT2D eigenvalue weighted by Gasteiger charge is -2.30. The molecule has 0 aliphatic carbocycles. The number of nitrogens with two attached hydrogens (primary N) is 1. The minimum absolute atomic E-state index is 0.171. The Morgan fingerprint density at radius 3 is 2.46 bits per heavy atom. The van der Waals surface area contributed by atoms with Crippen LogP contribution in [0, 0.1) is 5.92 Å². The number of likely N-dealkylation sites (tertiary alicyclic amines) is 1. The molecule has 1 heterocycles. The van der Waals surface area contributed by atoms with Crippen molar-refractivity contribution in [1.82, 2.24) is 4.90 Å². The highest BCUT2D eigenvalue weighted by Crippen LogP contribution is 2.30. The van der Waals surface area contributed by atoms with Crippen LogP contribution in [0.4, 0.5) is 11.4 Å². The van der Waals surface area contributed by atoms with E-state index in [0.717, 1.165) is 11.6 Å². The molecule has 0 bridgehead atoms. The van der Waals surface area contributed by atoms with Crippen molar-refractivity contribution in [2.45, 2.75) is 32.1 Å². The molecule has 1 aliphatic rings. The SMILES string of the molecule is CC(CC1CCN(C)CC1)c1ccc(NC(=O)c2ccccc2N)cc1. The van der Waals surface area contributed by atoms with Crippen molar-refractivity contribution < 1.29 is 4.79 Å². The molecule has 0 radical (unpaired) electrons. The first kappa shape index (κ1) is 18.5. The van der Waals surface area contributed by atoms with Crippen LogP contribution in [0.2, 0.25) is 0 Å². The number of piperidine rings is 1. The lowest BCUT2D eigenvalue weighted by Crippen LogP contribution is -2.30. The molecule has 0 aromatic heterocycles. The zero-order valence-electron chi connectivity index (χ0n) is 15.7. The first-order valence-electron chi connectivity index (χ1n) is 9.47. The molecular weight excluding hydrogens is 322 g/mol. The Bertz CT molecular complexity index is 733. The van der Waals surface area contributed by atoms with Crippen molar-refractivity contribution in [2.24, 2.45) is 5.92 Å². The van der Waals surface area contributed by atoms with E-state index in [9.17, 15) is 4.79 Å². The van der Waals surface area contributed by atoms with Crippen LogP contribution in [0.15, 0.2) is 48.5 Å². The second kappa shape index (κ2) is 8.37. The summed E-state index contributed by atoms with van der Waals surface area (Å²) < 4.78 is 0. The third kappa shape index (κ3) is 4.64. The fourth-order valence-electron chi connectivity index (χ4n) is 3.73. The molecule has 4 heteroatoms. The summed E-state index contributed by atoms with van der Waals surface area (Å²) in [6.45, 7) is 4.73. The Morgan fingerprint density at radius 1 is 1.15 bits per heavy atom. The monoisotopic (exact) mass is 351 g/mol. The predicted molar refractivity (Wildman–Crippen MR) is 109 cm³/mol. The van der Waals surface area contributed by atoms with Gasteiger partial charge in [-0.1, -0.05) is 31.2 Å². The van der Waals surface area contributed by atoms with Gasteiger partial charge in [-0.15, -0.1) is 0 Å². The summed E-state index contributed by atoms with van der Waals surface area (Å²) in [7, 11) is 2.20. The average molecular weight is 351 g/mol. The van der Waals surface area contributed by atoms with Crippen molar-refractivity contribution in [3.63, 3.8) is 0 Å². The summed E-state index contributed by atoms with van der Waals surface area (Å²) in [5.74, 6) is 1.19. The van der Waals surface area contributed by atoms with Crippen molar-refractivity contribution in [2.75, 3.05) is 31.2 Å². The van der Waals surface area contributed by atoms with Gasteiger partial charge in [-0.05, 0) is 81.1 Å². The van der Waals surface area contributed by atoms with Gasteiger partial charge in [-0.3, -0.25) is 4.79 Å². The van der Waals surface area contributed by atoms with Crippen LogP contribution in [0.1, 0.15) is 48.0 Å². The van der Waals surface area contributed by atoms with E-state index in [-0.39, 0.29) is 5.91 Å². The Morgan fingerprint density at radius 2 is 1.81 bits per heavy atom. The fraction of sp³-hybridized carbons (Fsp3) is 0.409. The Hall–Kier alpha value is -2.33. The second-order valence-electron chi connectivity index (χ2n) is 7.55. The molecule has 1 saturated heterocycles. The van der Waals surface area contributed by atoms with Crippen molar-refractivity contribution in [3.05, 3.63) is 59.7 Å². The van der Waals surface area contributed by atoms with Crippen LogP contribution >= 0.6 is 0 Å². The second-order valence-corrected chi connectivity index (χ2v) is 7.55. The molecule has 2 aromatic carbocycles. The molecule has 4 nitrogen and oxygen atoms in total. The predicted octanol–water partition coefficient (Wildman–Crippen LogP) is 4.36. The molecule has 3 rings (SSSR count). The smallest absolute Gasteiger partial charge is 0.257 e. The number of nitrogens with zero attached hydrogens (tertiary/aromatic N) is 1. The average Bonchev–Trinajstić information content (AvgIpc) is 2.64. The van der Waals surface area contributed by atoms with Gasteiger partial charge < -0.3 is 16.0 Å². The summed E-state index contributed by atoms with van der Waals surface area (Å²) in [6.07, 6.45) is 3.83. The molecule has 2 aromatic rings. The van der Waals surface area contributed by atoms with Gasteiger partial charge in [0.1, 0.15) is 0 Å². The number of anilines is 2. The molecule has 138 valence electrons. The summed E-state index contributed by atoms with van der Waals surface area (Å²) in [5, 5.41) is 2.93. The number of amides is 1. The first-order valence-corrected chi connectivity index (χ1v) is 9.47. The fourth-order valence-corrected chi connectivity index (χ4v) is 3.73. The van der Waals surface area contributed by atoms with Crippen LogP contribution in [0.5, 0.6) is 0 Å². The number of carbonyl (C=O) groups is 1. The van der Waals surface area contributed by atoms with Crippen LogP contribution in [0.25, 0.3) is 0 Å². The number of nitrogens with one attached hydrogen (secondary N) is 1. The molecule has 1 atom stereocenters. The van der Waals surface area contributed by atoms with E-state index < -0.39 is 0 Å². The molecule has 1 amide bonds. The maximum atomic E-state index is 12.3. The molecule has 1 unspecified atom stereocenters. The van der Waals surface area contributed by atoms with Crippen LogP contribution in [-0.2, 0) is 0 Å². The van der Waals surface area contributed by atoms with Crippen LogP contribution in [-0.4, -0.2) is 30.9 Å². The van der Waals surface area contributed by atoms with Gasteiger partial charge in [0.05, 0.1) is 5.56 Å². The largest absolute Gasteiger partial charge is 0.398 e. The normalized spacial score (nSPS) is 17.0. The zero-order chi connectivity index (χ0) is 18.5. The van der Waals surface area contributed by atoms with Gasteiger partial charge in [0, 0.05) is 11.4 Å². The first-order chi connectivity index (χ1) is 12.5. The van der Waals surface area contributed by atoms with E-state index in [2.05, 4.69) is 36.3 Å². The van der Waals surface area contributed by atoms with E-state index in [1.807, 2.05) is 24.3 Å². The van der Waals surface area contributed by atoms with E-state index in [1.165, 1.54) is 37.9 Å². The summed E-state index contributed by atoms with van der Waals surface area (Å²) in [4.78, 5) is 14.8. The van der Waals surface area contributed by atoms with Crippen LogP contribution in [0.3, 0.4) is 0 Å². The number of carbonyl (C=O) groups excluding carboxylic acids is 1. The van der Waals surface area contributed by atoms with Crippen molar-refractivity contribution in [1.29, 1.82) is 0 Å². The number of hydrogen-bond donors (Lipinski definition) is 2. The maximum absolute atomic E-state index is 12.3. The molecule has 0 spiro atoms. The molecule has 0 saturated carbocycles. The lowest BCUT2D eigenvalue weighted by atomic mass is 9.85. The van der Waals surface area contributed by atoms with Gasteiger partial charge in [0.25, 0.3) is 5.91 Å². The summed E-state index contributed by atoms with van der Waals surface area (Å²) in [5.41, 5.74) is 9.01. The van der Waals surface area contributed by atoms with E-state index in [4.69, 9.17) is 5.73 Å². The number of para-hydroxylation sites is 1. The lowest BCUT2D eigenvalue weighted by molar-refractivity contribution is 0.102. The van der Waals surface area contributed by atoms with Gasteiger partial charge in [0.2, 0.25) is 0 Å². The minimum Gasteiger partial charge on any atom is -0.398 e. The number of rotatable bonds is 5. The van der Waals surface area contributed by atoms with Gasteiger partial charge in [0.15, 0.2) is 0 Å². The van der Waals surface area contributed by atoms with E-state index in [1.54, 1.807) is 12.1 Å². The standard InChI is InChI=1S/C22H29N3O/c1-16(15-17-11-13-25(2)14-12-17)18-7-9-19(10-8-18)24-22(26)20-5-3-4-6-21(20)23/h3-10,16-17H,11-15,23H2,1-2H3,(H,24,26).